The molecule has 1 atom stereocenters. The van der Waals surface area contributed by atoms with Crippen molar-refractivity contribution < 1.29 is 14.6 Å². The second-order valence-electron chi connectivity index (χ2n) is 4.44. The van der Waals surface area contributed by atoms with Crippen LogP contribution >= 0.6 is 0 Å². The summed E-state index contributed by atoms with van der Waals surface area (Å²) in [6.07, 6.45) is 3.24. The smallest absolute Gasteiger partial charge is 0.306 e. The fraction of sp³-hybridized carbons (Fsp3) is 0.583. The van der Waals surface area contributed by atoms with Gasteiger partial charge < -0.3 is 14.7 Å². The van der Waals surface area contributed by atoms with E-state index in [1.54, 1.807) is 19.3 Å². The highest BCUT2D eigenvalue weighted by Gasteiger charge is 2.35. The minimum atomic E-state index is -0.742. The largest absolute Gasteiger partial charge is 0.481 e. The first-order chi connectivity index (χ1) is 8.61. The van der Waals surface area contributed by atoms with Crippen LogP contribution in [0.15, 0.2) is 12.4 Å². The van der Waals surface area contributed by atoms with Crippen molar-refractivity contribution in [1.82, 2.24) is 9.97 Å². The summed E-state index contributed by atoms with van der Waals surface area (Å²) in [4.78, 5) is 21.2. The summed E-state index contributed by atoms with van der Waals surface area (Å²) >= 11 is 0. The molecule has 0 radical (unpaired) electrons. The molecule has 1 aromatic heterocycles. The van der Waals surface area contributed by atoms with E-state index < -0.39 is 5.97 Å². The summed E-state index contributed by atoms with van der Waals surface area (Å²) in [7, 11) is 0. The molecule has 0 aliphatic carbocycles. The second-order valence-corrected chi connectivity index (χ2v) is 4.44. The monoisotopic (exact) mass is 251 g/mol. The van der Waals surface area contributed by atoms with E-state index >= 15 is 0 Å². The van der Waals surface area contributed by atoms with E-state index in [1.807, 2.05) is 11.8 Å². The molecule has 1 N–H and O–H groups in total. The van der Waals surface area contributed by atoms with Gasteiger partial charge in [-0.1, -0.05) is 6.92 Å². The summed E-state index contributed by atoms with van der Waals surface area (Å²) in [5.74, 6) is 0.373. The van der Waals surface area contributed by atoms with E-state index in [1.165, 1.54) is 0 Å². The van der Waals surface area contributed by atoms with Crippen LogP contribution in [0, 0.1) is 11.8 Å². The minimum Gasteiger partial charge on any atom is -0.481 e. The highest BCUT2D eigenvalue weighted by atomic mass is 16.5. The third-order valence-electron chi connectivity index (χ3n) is 3.22. The van der Waals surface area contributed by atoms with Gasteiger partial charge in [-0.3, -0.25) is 9.78 Å². The Morgan fingerprint density at radius 1 is 1.61 bits per heavy atom. The van der Waals surface area contributed by atoms with Crippen LogP contribution in [0.2, 0.25) is 0 Å². The third kappa shape index (κ3) is 2.52. The van der Waals surface area contributed by atoms with Gasteiger partial charge in [-0.15, -0.1) is 0 Å². The second kappa shape index (κ2) is 5.20. The lowest BCUT2D eigenvalue weighted by Crippen LogP contribution is -2.51. The molecule has 0 aromatic carbocycles. The molecule has 0 amide bonds. The molecule has 98 valence electrons. The average Bonchev–Trinajstić information content (AvgIpc) is 2.27. The van der Waals surface area contributed by atoms with Crippen LogP contribution in [0.4, 0.5) is 5.82 Å². The molecule has 1 aliphatic rings. The van der Waals surface area contributed by atoms with Gasteiger partial charge in [-0.05, 0) is 6.92 Å². The summed E-state index contributed by atoms with van der Waals surface area (Å²) in [6.45, 7) is 5.60. The van der Waals surface area contributed by atoms with Gasteiger partial charge in [-0.2, -0.15) is 4.98 Å². The zero-order valence-electron chi connectivity index (χ0n) is 10.5. The molecule has 2 heterocycles. The van der Waals surface area contributed by atoms with Crippen LogP contribution in [0.3, 0.4) is 0 Å². The average molecular weight is 251 g/mol. The Hall–Kier alpha value is -1.85. The van der Waals surface area contributed by atoms with E-state index in [0.29, 0.717) is 25.6 Å². The van der Waals surface area contributed by atoms with Crippen LogP contribution in [-0.4, -0.2) is 40.7 Å². The molecule has 1 saturated heterocycles. The Kier molecular flexibility index (Phi) is 3.64. The molecular weight excluding hydrogens is 234 g/mol. The molecule has 0 bridgehead atoms. The van der Waals surface area contributed by atoms with E-state index in [4.69, 9.17) is 9.84 Å². The fourth-order valence-corrected chi connectivity index (χ4v) is 1.93. The Morgan fingerprint density at radius 2 is 2.33 bits per heavy atom. The number of carbonyl (C=O) groups is 1. The number of anilines is 1. The van der Waals surface area contributed by atoms with E-state index in [2.05, 4.69) is 9.97 Å². The Labute approximate surface area is 106 Å². The van der Waals surface area contributed by atoms with Gasteiger partial charge in [0, 0.05) is 19.0 Å². The zero-order valence-corrected chi connectivity index (χ0v) is 10.5. The molecule has 1 aromatic rings. The lowest BCUT2D eigenvalue weighted by Gasteiger charge is -2.41. The van der Waals surface area contributed by atoms with Crippen LogP contribution < -0.4 is 9.64 Å². The minimum absolute atomic E-state index is 0.181. The topological polar surface area (TPSA) is 75.5 Å². The number of aliphatic carboxylic acids is 1. The Bertz CT molecular complexity index is 432. The number of rotatable bonds is 5. The molecule has 1 unspecified atom stereocenters. The van der Waals surface area contributed by atoms with Gasteiger partial charge in [0.1, 0.15) is 0 Å². The number of carboxylic acid groups (broad SMARTS) is 1. The normalized spacial score (nSPS) is 17.1. The number of ether oxygens (including phenoxy) is 1. The van der Waals surface area contributed by atoms with Crippen LogP contribution in [-0.2, 0) is 4.79 Å². The van der Waals surface area contributed by atoms with Crippen LogP contribution in [0.5, 0.6) is 5.88 Å². The van der Waals surface area contributed by atoms with Crippen molar-refractivity contribution in [2.24, 2.45) is 11.8 Å². The molecule has 1 fully saturated rings. The van der Waals surface area contributed by atoms with Crippen molar-refractivity contribution in [3.8, 4) is 5.88 Å². The van der Waals surface area contributed by atoms with Crippen molar-refractivity contribution >= 4 is 11.8 Å². The van der Waals surface area contributed by atoms with Gasteiger partial charge in [0.25, 0.3) is 0 Å². The quantitative estimate of drug-likeness (QED) is 0.842. The lowest BCUT2D eigenvalue weighted by atomic mass is 9.87. The SMILES string of the molecule is CCOc1cncc(N2CC(C(C)C(=O)O)C2)n1. The number of aromatic nitrogens is 2. The fourth-order valence-electron chi connectivity index (χ4n) is 1.93. The number of nitrogens with zero attached hydrogens (tertiary/aromatic N) is 3. The van der Waals surface area contributed by atoms with Gasteiger partial charge in [0.2, 0.25) is 5.88 Å². The highest BCUT2D eigenvalue weighted by molar-refractivity contribution is 5.70. The number of hydrogen-bond acceptors (Lipinski definition) is 5. The predicted molar refractivity (Wildman–Crippen MR) is 65.7 cm³/mol. The third-order valence-corrected chi connectivity index (χ3v) is 3.22. The van der Waals surface area contributed by atoms with Crippen molar-refractivity contribution in [3.63, 3.8) is 0 Å². The molecule has 0 saturated carbocycles. The summed E-state index contributed by atoms with van der Waals surface area (Å²) in [5.41, 5.74) is 0. The van der Waals surface area contributed by atoms with Gasteiger partial charge >= 0.3 is 5.97 Å². The maximum Gasteiger partial charge on any atom is 0.306 e. The zero-order chi connectivity index (χ0) is 13.1. The van der Waals surface area contributed by atoms with Crippen molar-refractivity contribution in [1.29, 1.82) is 0 Å². The Balaban J connectivity index is 1.95. The van der Waals surface area contributed by atoms with Crippen molar-refractivity contribution in [2.45, 2.75) is 13.8 Å². The molecule has 18 heavy (non-hydrogen) atoms. The molecule has 6 nitrogen and oxygen atoms in total. The first kappa shape index (κ1) is 12.6. The maximum absolute atomic E-state index is 10.8. The van der Waals surface area contributed by atoms with Gasteiger partial charge in [0.05, 0.1) is 24.9 Å². The molecule has 1 aliphatic heterocycles. The predicted octanol–water partition coefficient (Wildman–Crippen LogP) is 1.03. The van der Waals surface area contributed by atoms with E-state index in [9.17, 15) is 4.79 Å². The molecule has 0 spiro atoms. The van der Waals surface area contributed by atoms with E-state index in [-0.39, 0.29) is 11.8 Å². The van der Waals surface area contributed by atoms with Crippen LogP contribution in [0.1, 0.15) is 13.8 Å². The molecule has 2 rings (SSSR count). The van der Waals surface area contributed by atoms with Crippen LogP contribution in [0.25, 0.3) is 0 Å². The van der Waals surface area contributed by atoms with Crippen molar-refractivity contribution in [3.05, 3.63) is 12.4 Å². The number of carboxylic acids is 1. The standard InChI is InChI=1S/C12H17N3O3/c1-3-18-11-5-13-4-10(14-11)15-6-9(7-15)8(2)12(16)17/h4-5,8-9H,3,6-7H2,1-2H3,(H,16,17). The molecular formula is C12H17N3O3. The maximum atomic E-state index is 10.8. The lowest BCUT2D eigenvalue weighted by molar-refractivity contribution is -0.143. The van der Waals surface area contributed by atoms with Gasteiger partial charge in [-0.25, -0.2) is 0 Å². The summed E-state index contributed by atoms with van der Waals surface area (Å²) in [5, 5.41) is 8.92. The number of hydrogen-bond donors (Lipinski definition) is 1. The van der Waals surface area contributed by atoms with Gasteiger partial charge in [0.15, 0.2) is 5.82 Å². The van der Waals surface area contributed by atoms with Crippen molar-refractivity contribution in [2.75, 3.05) is 24.6 Å². The first-order valence-electron chi connectivity index (χ1n) is 6.04. The summed E-state index contributed by atoms with van der Waals surface area (Å²) in [6, 6.07) is 0. The summed E-state index contributed by atoms with van der Waals surface area (Å²) < 4.78 is 5.28. The highest BCUT2D eigenvalue weighted by Crippen LogP contribution is 2.28. The first-order valence-corrected chi connectivity index (χ1v) is 6.04. The van der Waals surface area contributed by atoms with E-state index in [0.717, 1.165) is 5.82 Å². The molecule has 6 heteroatoms. The Morgan fingerprint density at radius 3 is 2.94 bits per heavy atom.